The second-order valence-corrected chi connectivity index (χ2v) is 8.10. The van der Waals surface area contributed by atoms with Crippen LogP contribution in [0.3, 0.4) is 0 Å². The standard InChI is InChI=1S/C22H29N3O3/c1-22(2,3)23-13-15-8-10-19(20(12-15)27-6)28-14-16-7-9-17-18(11-16)25(5)21(26)24(17)4/h7-12,23H,13-14H2,1-6H3. The number of nitrogens with one attached hydrogen (secondary N) is 1. The Bertz CT molecular complexity index is 1040. The van der Waals surface area contributed by atoms with E-state index < -0.39 is 0 Å². The average Bonchev–Trinajstić information content (AvgIpc) is 2.88. The molecular formula is C22H29N3O3. The van der Waals surface area contributed by atoms with Crippen LogP contribution < -0.4 is 20.5 Å². The number of fused-ring (bicyclic) bond motifs is 1. The minimum Gasteiger partial charge on any atom is -0.493 e. The van der Waals surface area contributed by atoms with Crippen molar-refractivity contribution in [2.45, 2.75) is 39.5 Å². The number of rotatable bonds is 6. The summed E-state index contributed by atoms with van der Waals surface area (Å²) in [5.41, 5.74) is 3.95. The Morgan fingerprint density at radius 1 is 0.929 bits per heavy atom. The van der Waals surface area contributed by atoms with Gasteiger partial charge in [-0.05, 0) is 56.2 Å². The first kappa shape index (κ1) is 20.0. The third-order valence-corrected chi connectivity index (χ3v) is 4.78. The van der Waals surface area contributed by atoms with Crippen LogP contribution in [0.2, 0.25) is 0 Å². The molecule has 150 valence electrons. The number of ether oxygens (including phenoxy) is 2. The van der Waals surface area contributed by atoms with E-state index in [2.05, 4.69) is 26.1 Å². The summed E-state index contributed by atoms with van der Waals surface area (Å²) in [6, 6.07) is 11.9. The van der Waals surface area contributed by atoms with Crippen LogP contribution in [-0.4, -0.2) is 21.8 Å². The zero-order valence-corrected chi connectivity index (χ0v) is 17.5. The Morgan fingerprint density at radius 3 is 2.29 bits per heavy atom. The summed E-state index contributed by atoms with van der Waals surface area (Å²) in [5.74, 6) is 1.41. The first-order valence-corrected chi connectivity index (χ1v) is 9.38. The summed E-state index contributed by atoms with van der Waals surface area (Å²) in [7, 11) is 5.21. The fourth-order valence-electron chi connectivity index (χ4n) is 3.11. The summed E-state index contributed by atoms with van der Waals surface area (Å²) < 4.78 is 14.8. The first-order chi connectivity index (χ1) is 13.2. The SMILES string of the molecule is COc1cc(CNC(C)(C)C)ccc1OCc1ccc2c(c1)n(C)c(=O)n2C. The topological polar surface area (TPSA) is 57.4 Å². The molecule has 0 fully saturated rings. The van der Waals surface area contributed by atoms with Gasteiger partial charge in [-0.15, -0.1) is 0 Å². The van der Waals surface area contributed by atoms with Gasteiger partial charge in [-0.2, -0.15) is 0 Å². The maximum absolute atomic E-state index is 12.1. The molecule has 0 unspecified atom stereocenters. The molecule has 0 spiro atoms. The Labute approximate surface area is 165 Å². The van der Waals surface area contributed by atoms with Gasteiger partial charge in [0.15, 0.2) is 11.5 Å². The molecule has 0 saturated carbocycles. The molecule has 1 heterocycles. The van der Waals surface area contributed by atoms with Gasteiger partial charge in [0.2, 0.25) is 0 Å². The van der Waals surface area contributed by atoms with Crippen molar-refractivity contribution in [3.8, 4) is 11.5 Å². The second-order valence-electron chi connectivity index (χ2n) is 8.10. The van der Waals surface area contributed by atoms with Gasteiger partial charge in [0.25, 0.3) is 0 Å². The Morgan fingerprint density at radius 2 is 1.61 bits per heavy atom. The molecule has 0 aliphatic heterocycles. The quantitative estimate of drug-likeness (QED) is 0.709. The van der Waals surface area contributed by atoms with E-state index in [1.165, 1.54) is 0 Å². The predicted octanol–water partition coefficient (Wildman–Crippen LogP) is 3.35. The summed E-state index contributed by atoms with van der Waals surface area (Å²) in [6.07, 6.45) is 0. The van der Waals surface area contributed by atoms with Gasteiger partial charge in [0.1, 0.15) is 6.61 Å². The average molecular weight is 383 g/mol. The van der Waals surface area contributed by atoms with Gasteiger partial charge in [-0.25, -0.2) is 4.79 Å². The van der Waals surface area contributed by atoms with Crippen molar-refractivity contribution >= 4 is 11.0 Å². The Hall–Kier alpha value is -2.73. The molecule has 3 rings (SSSR count). The fraction of sp³-hybridized carbons (Fsp3) is 0.409. The summed E-state index contributed by atoms with van der Waals surface area (Å²) in [5, 5.41) is 3.47. The van der Waals surface area contributed by atoms with Gasteiger partial charge in [0, 0.05) is 26.2 Å². The molecular weight excluding hydrogens is 354 g/mol. The van der Waals surface area contributed by atoms with Crippen molar-refractivity contribution in [2.75, 3.05) is 7.11 Å². The highest BCUT2D eigenvalue weighted by molar-refractivity contribution is 5.76. The van der Waals surface area contributed by atoms with Gasteiger partial charge in [-0.1, -0.05) is 12.1 Å². The number of benzene rings is 2. The summed E-state index contributed by atoms with van der Waals surface area (Å²) in [4.78, 5) is 12.1. The molecule has 2 aromatic carbocycles. The van der Waals surface area contributed by atoms with Crippen molar-refractivity contribution in [3.63, 3.8) is 0 Å². The predicted molar refractivity (Wildman–Crippen MR) is 112 cm³/mol. The zero-order valence-electron chi connectivity index (χ0n) is 17.5. The second kappa shape index (κ2) is 7.72. The lowest BCUT2D eigenvalue weighted by molar-refractivity contribution is 0.284. The molecule has 1 aromatic heterocycles. The van der Waals surface area contributed by atoms with Crippen molar-refractivity contribution in [1.29, 1.82) is 0 Å². The lowest BCUT2D eigenvalue weighted by Gasteiger charge is -2.21. The third-order valence-electron chi connectivity index (χ3n) is 4.78. The smallest absolute Gasteiger partial charge is 0.328 e. The van der Waals surface area contributed by atoms with Crippen LogP contribution in [0.1, 0.15) is 31.9 Å². The number of nitrogens with zero attached hydrogens (tertiary/aromatic N) is 2. The van der Waals surface area contributed by atoms with Crippen LogP contribution in [0.5, 0.6) is 11.5 Å². The number of methoxy groups -OCH3 is 1. The monoisotopic (exact) mass is 383 g/mol. The van der Waals surface area contributed by atoms with Crippen molar-refractivity contribution in [1.82, 2.24) is 14.5 Å². The lowest BCUT2D eigenvalue weighted by Crippen LogP contribution is -2.35. The van der Waals surface area contributed by atoms with Gasteiger partial charge < -0.3 is 14.8 Å². The molecule has 0 aliphatic rings. The van der Waals surface area contributed by atoms with E-state index in [1.54, 1.807) is 30.3 Å². The van der Waals surface area contributed by atoms with E-state index in [4.69, 9.17) is 9.47 Å². The van der Waals surface area contributed by atoms with Crippen LogP contribution in [0.15, 0.2) is 41.2 Å². The Kier molecular flexibility index (Phi) is 5.52. The van der Waals surface area contributed by atoms with Crippen LogP contribution in [-0.2, 0) is 27.2 Å². The van der Waals surface area contributed by atoms with Gasteiger partial charge in [0.05, 0.1) is 18.1 Å². The number of aryl methyl sites for hydroxylation is 2. The molecule has 1 N–H and O–H groups in total. The van der Waals surface area contributed by atoms with Crippen LogP contribution >= 0.6 is 0 Å². The summed E-state index contributed by atoms with van der Waals surface area (Å²) >= 11 is 0. The zero-order chi connectivity index (χ0) is 20.5. The van der Waals surface area contributed by atoms with E-state index in [9.17, 15) is 4.79 Å². The maximum atomic E-state index is 12.1. The minimum absolute atomic E-state index is 0.0332. The van der Waals surface area contributed by atoms with E-state index in [0.29, 0.717) is 18.1 Å². The van der Waals surface area contributed by atoms with Crippen molar-refractivity contribution in [2.24, 2.45) is 14.1 Å². The highest BCUT2D eigenvalue weighted by atomic mass is 16.5. The molecule has 0 radical (unpaired) electrons. The van der Waals surface area contributed by atoms with Crippen LogP contribution in [0, 0.1) is 0 Å². The number of hydrogen-bond acceptors (Lipinski definition) is 4. The lowest BCUT2D eigenvalue weighted by atomic mass is 10.1. The number of hydrogen-bond donors (Lipinski definition) is 1. The molecule has 3 aromatic rings. The molecule has 0 amide bonds. The molecule has 6 heteroatoms. The Balaban J connectivity index is 1.76. The minimum atomic E-state index is -0.0332. The number of aromatic nitrogens is 2. The third kappa shape index (κ3) is 4.22. The largest absolute Gasteiger partial charge is 0.493 e. The van der Waals surface area contributed by atoms with Gasteiger partial charge >= 0.3 is 5.69 Å². The molecule has 28 heavy (non-hydrogen) atoms. The van der Waals surface area contributed by atoms with E-state index in [0.717, 1.165) is 28.7 Å². The molecule has 6 nitrogen and oxygen atoms in total. The normalized spacial score (nSPS) is 11.8. The molecule has 0 atom stereocenters. The number of imidazole rings is 1. The van der Waals surface area contributed by atoms with Crippen molar-refractivity contribution in [3.05, 3.63) is 58.0 Å². The van der Waals surface area contributed by atoms with E-state index in [-0.39, 0.29) is 11.2 Å². The van der Waals surface area contributed by atoms with Gasteiger partial charge in [-0.3, -0.25) is 9.13 Å². The van der Waals surface area contributed by atoms with Crippen LogP contribution in [0.4, 0.5) is 0 Å². The van der Waals surface area contributed by atoms with E-state index >= 15 is 0 Å². The molecule has 0 bridgehead atoms. The van der Waals surface area contributed by atoms with E-state index in [1.807, 2.05) is 36.4 Å². The highest BCUT2D eigenvalue weighted by Gasteiger charge is 2.12. The van der Waals surface area contributed by atoms with Crippen molar-refractivity contribution < 1.29 is 9.47 Å². The molecule has 0 aliphatic carbocycles. The van der Waals surface area contributed by atoms with Crippen LogP contribution in [0.25, 0.3) is 11.0 Å². The maximum Gasteiger partial charge on any atom is 0.328 e. The first-order valence-electron chi connectivity index (χ1n) is 9.38. The highest BCUT2D eigenvalue weighted by Crippen LogP contribution is 2.29. The summed E-state index contributed by atoms with van der Waals surface area (Å²) in [6.45, 7) is 7.58. The molecule has 0 saturated heterocycles. The fourth-order valence-corrected chi connectivity index (χ4v) is 3.11.